The fourth-order valence-electron chi connectivity index (χ4n) is 1.81. The van der Waals surface area contributed by atoms with Crippen LogP contribution < -0.4 is 4.74 Å². The molecule has 1 N–H and O–H groups in total. The van der Waals surface area contributed by atoms with Gasteiger partial charge in [-0.15, -0.1) is 11.8 Å². The van der Waals surface area contributed by atoms with Gasteiger partial charge in [0, 0.05) is 16.7 Å². The van der Waals surface area contributed by atoms with Gasteiger partial charge in [0.25, 0.3) is 0 Å². The van der Waals surface area contributed by atoms with Gasteiger partial charge >= 0.3 is 5.97 Å². The average Bonchev–Trinajstić information content (AvgIpc) is 2.52. The SMILES string of the molecule is COc1ccc(CS/C(=C\C(=O)O)c2ccccc2)cc1. The molecule has 2 aromatic rings. The minimum Gasteiger partial charge on any atom is -0.497 e. The molecule has 4 heteroatoms. The first kappa shape index (κ1) is 15.2. The van der Waals surface area contributed by atoms with Gasteiger partial charge in [-0.2, -0.15) is 0 Å². The van der Waals surface area contributed by atoms with E-state index in [1.54, 1.807) is 7.11 Å². The maximum atomic E-state index is 11.0. The third-order valence-corrected chi connectivity index (χ3v) is 4.01. The van der Waals surface area contributed by atoms with E-state index >= 15 is 0 Å². The summed E-state index contributed by atoms with van der Waals surface area (Å²) in [6, 6.07) is 17.3. The van der Waals surface area contributed by atoms with Crippen molar-refractivity contribution in [3.05, 3.63) is 71.8 Å². The summed E-state index contributed by atoms with van der Waals surface area (Å²) in [5.74, 6) is 0.585. The topological polar surface area (TPSA) is 46.5 Å². The molecule has 2 rings (SSSR count). The van der Waals surface area contributed by atoms with Crippen molar-refractivity contribution < 1.29 is 14.6 Å². The second kappa shape index (κ2) is 7.55. The van der Waals surface area contributed by atoms with Crippen LogP contribution in [0.25, 0.3) is 4.91 Å². The molecule has 0 aliphatic carbocycles. The molecule has 0 atom stereocenters. The Hall–Kier alpha value is -2.20. The number of carbonyl (C=O) groups is 1. The Labute approximate surface area is 128 Å². The highest BCUT2D eigenvalue weighted by atomic mass is 32.2. The van der Waals surface area contributed by atoms with Crippen molar-refractivity contribution in [3.8, 4) is 5.75 Å². The molecule has 0 aromatic heterocycles. The van der Waals surface area contributed by atoms with E-state index in [9.17, 15) is 4.79 Å². The summed E-state index contributed by atoms with van der Waals surface area (Å²) in [6.45, 7) is 0. The highest BCUT2D eigenvalue weighted by Gasteiger charge is 2.05. The second-order valence-electron chi connectivity index (χ2n) is 4.35. The van der Waals surface area contributed by atoms with Gasteiger partial charge in [-0.1, -0.05) is 42.5 Å². The molecule has 21 heavy (non-hydrogen) atoms. The number of methoxy groups -OCH3 is 1. The van der Waals surface area contributed by atoms with E-state index in [4.69, 9.17) is 9.84 Å². The first-order valence-corrected chi connectivity index (χ1v) is 7.43. The number of carboxylic acids is 1. The molecule has 0 fully saturated rings. The zero-order chi connectivity index (χ0) is 15.1. The van der Waals surface area contributed by atoms with Crippen molar-refractivity contribution in [2.45, 2.75) is 5.75 Å². The molecule has 108 valence electrons. The quantitative estimate of drug-likeness (QED) is 0.817. The molecular weight excluding hydrogens is 284 g/mol. The molecular formula is C17H16O3S. The van der Waals surface area contributed by atoms with E-state index in [-0.39, 0.29) is 0 Å². The van der Waals surface area contributed by atoms with Crippen LogP contribution in [0.4, 0.5) is 0 Å². The first-order valence-electron chi connectivity index (χ1n) is 6.45. The average molecular weight is 300 g/mol. The third kappa shape index (κ3) is 4.68. The summed E-state index contributed by atoms with van der Waals surface area (Å²) in [7, 11) is 1.63. The molecule has 0 unspecified atom stereocenters. The Bertz CT molecular complexity index is 618. The summed E-state index contributed by atoms with van der Waals surface area (Å²) in [5.41, 5.74) is 2.03. The molecule has 0 heterocycles. The van der Waals surface area contributed by atoms with Crippen LogP contribution in [0.5, 0.6) is 5.75 Å². The van der Waals surface area contributed by atoms with Crippen molar-refractivity contribution in [2.75, 3.05) is 7.11 Å². The van der Waals surface area contributed by atoms with E-state index in [1.807, 2.05) is 54.6 Å². The third-order valence-electron chi connectivity index (χ3n) is 2.87. The lowest BCUT2D eigenvalue weighted by atomic mass is 10.2. The first-order chi connectivity index (χ1) is 10.2. The predicted octanol–water partition coefficient (Wildman–Crippen LogP) is 4.05. The minimum absolute atomic E-state index is 0.706. The van der Waals surface area contributed by atoms with E-state index in [0.717, 1.165) is 21.8 Å². The maximum absolute atomic E-state index is 11.0. The van der Waals surface area contributed by atoms with Crippen LogP contribution in [0, 0.1) is 0 Å². The monoisotopic (exact) mass is 300 g/mol. The number of aliphatic carboxylic acids is 1. The van der Waals surface area contributed by atoms with Crippen molar-refractivity contribution in [1.29, 1.82) is 0 Å². The van der Waals surface area contributed by atoms with Crippen molar-refractivity contribution in [3.63, 3.8) is 0 Å². The number of carboxylic acid groups (broad SMARTS) is 1. The Kier molecular flexibility index (Phi) is 5.46. The lowest BCUT2D eigenvalue weighted by molar-refractivity contribution is -0.131. The smallest absolute Gasteiger partial charge is 0.329 e. The number of rotatable bonds is 6. The molecule has 3 nitrogen and oxygen atoms in total. The molecule has 0 saturated heterocycles. The van der Waals surface area contributed by atoms with Gasteiger partial charge in [-0.3, -0.25) is 0 Å². The number of thioether (sulfide) groups is 1. The summed E-state index contributed by atoms with van der Waals surface area (Å²) in [6.07, 6.45) is 1.25. The van der Waals surface area contributed by atoms with E-state index in [1.165, 1.54) is 17.8 Å². The molecule has 2 aromatic carbocycles. The van der Waals surface area contributed by atoms with Gasteiger partial charge in [0.05, 0.1) is 7.11 Å². The van der Waals surface area contributed by atoms with Crippen LogP contribution in [0.15, 0.2) is 60.7 Å². The fraction of sp³-hybridized carbons (Fsp3) is 0.118. The predicted molar refractivity (Wildman–Crippen MR) is 86.3 cm³/mol. The van der Waals surface area contributed by atoms with Crippen molar-refractivity contribution in [1.82, 2.24) is 0 Å². The van der Waals surface area contributed by atoms with Gasteiger partial charge < -0.3 is 9.84 Å². The number of hydrogen-bond acceptors (Lipinski definition) is 3. The summed E-state index contributed by atoms with van der Waals surface area (Å²) in [5, 5.41) is 9.00. The van der Waals surface area contributed by atoms with E-state index in [2.05, 4.69) is 0 Å². The lowest BCUT2D eigenvalue weighted by Crippen LogP contribution is -1.91. The molecule has 0 spiro atoms. The maximum Gasteiger partial charge on any atom is 0.329 e. The summed E-state index contributed by atoms with van der Waals surface area (Å²) >= 11 is 1.51. The molecule has 0 radical (unpaired) electrons. The zero-order valence-electron chi connectivity index (χ0n) is 11.7. The van der Waals surface area contributed by atoms with Crippen LogP contribution in [0.2, 0.25) is 0 Å². The summed E-state index contributed by atoms with van der Waals surface area (Å²) < 4.78 is 5.12. The Morgan fingerprint density at radius 1 is 1.14 bits per heavy atom. The number of ether oxygens (including phenoxy) is 1. The fourth-order valence-corrected chi connectivity index (χ4v) is 2.81. The Balaban J connectivity index is 2.11. The normalized spacial score (nSPS) is 11.2. The molecule has 0 aliphatic heterocycles. The molecule has 0 aliphatic rings. The van der Waals surface area contributed by atoms with Gasteiger partial charge in [0.2, 0.25) is 0 Å². The van der Waals surface area contributed by atoms with Gasteiger partial charge in [-0.25, -0.2) is 4.79 Å². The van der Waals surface area contributed by atoms with Crippen LogP contribution in [0.1, 0.15) is 11.1 Å². The van der Waals surface area contributed by atoms with E-state index in [0.29, 0.717) is 5.75 Å². The number of benzene rings is 2. The van der Waals surface area contributed by atoms with Crippen molar-refractivity contribution >= 4 is 22.6 Å². The molecule has 0 amide bonds. The lowest BCUT2D eigenvalue weighted by Gasteiger charge is -2.07. The largest absolute Gasteiger partial charge is 0.497 e. The Morgan fingerprint density at radius 2 is 1.81 bits per heavy atom. The highest BCUT2D eigenvalue weighted by molar-refractivity contribution is 8.07. The number of hydrogen-bond donors (Lipinski definition) is 1. The second-order valence-corrected chi connectivity index (χ2v) is 5.37. The van der Waals surface area contributed by atoms with Crippen LogP contribution in [0.3, 0.4) is 0 Å². The summed E-state index contributed by atoms with van der Waals surface area (Å²) in [4.78, 5) is 11.7. The van der Waals surface area contributed by atoms with Gasteiger partial charge in [0.1, 0.15) is 5.75 Å². The van der Waals surface area contributed by atoms with Crippen molar-refractivity contribution in [2.24, 2.45) is 0 Å². The van der Waals surface area contributed by atoms with Gasteiger partial charge in [-0.05, 0) is 23.3 Å². The van der Waals surface area contributed by atoms with Crippen LogP contribution >= 0.6 is 11.8 Å². The van der Waals surface area contributed by atoms with Crippen LogP contribution in [-0.2, 0) is 10.5 Å². The zero-order valence-corrected chi connectivity index (χ0v) is 12.5. The molecule has 0 saturated carbocycles. The van der Waals surface area contributed by atoms with Gasteiger partial charge in [0.15, 0.2) is 0 Å². The molecule has 0 bridgehead atoms. The minimum atomic E-state index is -0.934. The van der Waals surface area contributed by atoms with Crippen LogP contribution in [-0.4, -0.2) is 18.2 Å². The standard InChI is InChI=1S/C17H16O3S/c1-20-15-9-7-13(8-10-15)12-21-16(11-17(18)19)14-5-3-2-4-6-14/h2-11H,12H2,1H3,(H,18,19)/b16-11-. The highest BCUT2D eigenvalue weighted by Crippen LogP contribution is 2.30. The Morgan fingerprint density at radius 3 is 2.38 bits per heavy atom. The van der Waals surface area contributed by atoms with E-state index < -0.39 is 5.97 Å².